The SMILES string of the molecule is O=C=O.OC(F)(F)F. The maximum atomic E-state index is 9.91. The van der Waals surface area contributed by atoms with E-state index in [1.54, 1.807) is 0 Å². The van der Waals surface area contributed by atoms with Gasteiger partial charge in [0.05, 0.1) is 0 Å². The van der Waals surface area contributed by atoms with E-state index in [2.05, 4.69) is 0 Å². The largest absolute Gasteiger partial charge is 0.519 e. The first-order valence-electron chi connectivity index (χ1n) is 1.20. The van der Waals surface area contributed by atoms with Crippen molar-refractivity contribution in [1.29, 1.82) is 0 Å². The van der Waals surface area contributed by atoms with Crippen LogP contribution in [-0.2, 0) is 9.59 Å². The smallest absolute Gasteiger partial charge is 0.308 e. The van der Waals surface area contributed by atoms with Crippen molar-refractivity contribution >= 4 is 6.15 Å². The zero-order valence-electron chi connectivity index (χ0n) is 3.40. The Hall–Kier alpha value is -0.870. The fourth-order valence-corrected chi connectivity index (χ4v) is 0. The number of alkyl halides is 3. The van der Waals surface area contributed by atoms with Gasteiger partial charge in [-0.2, -0.15) is 9.59 Å². The van der Waals surface area contributed by atoms with Crippen molar-refractivity contribution < 1.29 is 27.9 Å². The third kappa shape index (κ3) is 116. The summed E-state index contributed by atoms with van der Waals surface area (Å²) in [6, 6.07) is 0. The maximum absolute atomic E-state index is 9.91. The first-order valence-corrected chi connectivity index (χ1v) is 1.20. The van der Waals surface area contributed by atoms with Crippen molar-refractivity contribution in [1.82, 2.24) is 0 Å². The minimum atomic E-state index is -5.00. The highest BCUT2D eigenvalue weighted by Crippen LogP contribution is 2.06. The highest BCUT2D eigenvalue weighted by Gasteiger charge is 2.20. The summed E-state index contributed by atoms with van der Waals surface area (Å²) >= 11 is 0. The molecular weight excluding hydrogens is 129 g/mol. The zero-order chi connectivity index (χ0) is 7.21. The Morgan fingerprint density at radius 1 is 1.25 bits per heavy atom. The Bertz CT molecular complexity index is 73.0. The van der Waals surface area contributed by atoms with Crippen LogP contribution in [0.1, 0.15) is 0 Å². The lowest BCUT2D eigenvalue weighted by Gasteiger charge is -1.86. The summed E-state index contributed by atoms with van der Waals surface area (Å²) in [6.45, 7) is 0. The summed E-state index contributed by atoms with van der Waals surface area (Å²) in [5.41, 5.74) is 0. The van der Waals surface area contributed by atoms with Crippen molar-refractivity contribution in [3.63, 3.8) is 0 Å². The van der Waals surface area contributed by atoms with Gasteiger partial charge in [0.15, 0.2) is 0 Å². The van der Waals surface area contributed by atoms with E-state index in [9.17, 15) is 13.2 Å². The average Bonchev–Trinajstić information content (AvgIpc) is 1.27. The summed E-state index contributed by atoms with van der Waals surface area (Å²) < 4.78 is 29.7. The van der Waals surface area contributed by atoms with Gasteiger partial charge in [-0.3, -0.25) is 0 Å². The fraction of sp³-hybridized carbons (Fsp3) is 0.500. The first kappa shape index (κ1) is 10.2. The molecule has 48 valence electrons. The van der Waals surface area contributed by atoms with Crippen molar-refractivity contribution in [2.24, 2.45) is 0 Å². The van der Waals surface area contributed by atoms with Crippen LogP contribution < -0.4 is 0 Å². The molecule has 0 saturated heterocycles. The summed E-state index contributed by atoms with van der Waals surface area (Å²) in [5.74, 6) is 0. The first-order chi connectivity index (χ1) is 3.41. The Labute approximate surface area is 41.7 Å². The Kier molecular flexibility index (Phi) is 5.46. The minimum Gasteiger partial charge on any atom is -0.308 e. The second-order valence-corrected chi connectivity index (χ2v) is 0.551. The van der Waals surface area contributed by atoms with E-state index >= 15 is 0 Å². The molecule has 0 fully saturated rings. The Balaban J connectivity index is 0. The van der Waals surface area contributed by atoms with Crippen molar-refractivity contribution in [3.05, 3.63) is 0 Å². The molecule has 0 radical (unpaired) electrons. The molecule has 3 nitrogen and oxygen atoms in total. The third-order valence-corrected chi connectivity index (χ3v) is 0. The van der Waals surface area contributed by atoms with Gasteiger partial charge in [-0.25, -0.2) is 0 Å². The molecule has 1 N–H and O–H groups in total. The quantitative estimate of drug-likeness (QED) is 0.498. The fourth-order valence-electron chi connectivity index (χ4n) is 0. The Morgan fingerprint density at radius 2 is 1.25 bits per heavy atom. The van der Waals surface area contributed by atoms with E-state index in [1.807, 2.05) is 0 Å². The van der Waals surface area contributed by atoms with Crippen LogP contribution >= 0.6 is 0 Å². The predicted molar refractivity (Wildman–Crippen MR) is 13.3 cm³/mol. The van der Waals surface area contributed by atoms with Gasteiger partial charge in [0.25, 0.3) is 0 Å². The van der Waals surface area contributed by atoms with E-state index in [4.69, 9.17) is 14.7 Å². The molecule has 0 aromatic carbocycles. The molecule has 0 unspecified atom stereocenters. The van der Waals surface area contributed by atoms with Gasteiger partial charge in [0, 0.05) is 0 Å². The van der Waals surface area contributed by atoms with Crippen LogP contribution in [0.4, 0.5) is 13.2 Å². The summed E-state index contributed by atoms with van der Waals surface area (Å²) in [4.78, 5) is 16.2. The average molecular weight is 130 g/mol. The molecule has 0 aromatic heterocycles. The highest BCUT2D eigenvalue weighted by molar-refractivity contribution is 5.20. The van der Waals surface area contributed by atoms with Crippen LogP contribution in [0.3, 0.4) is 0 Å². The summed E-state index contributed by atoms with van der Waals surface area (Å²) in [6.07, 6.45) is -4.75. The molecular formula is C2HF3O3. The van der Waals surface area contributed by atoms with Gasteiger partial charge in [-0.05, 0) is 0 Å². The summed E-state index contributed by atoms with van der Waals surface area (Å²) in [5, 5.41) is 6.52. The van der Waals surface area contributed by atoms with Crippen molar-refractivity contribution in [2.75, 3.05) is 0 Å². The Morgan fingerprint density at radius 3 is 1.25 bits per heavy atom. The van der Waals surface area contributed by atoms with Gasteiger partial charge in [0.1, 0.15) is 0 Å². The third-order valence-electron chi connectivity index (χ3n) is 0. The molecule has 0 saturated carbocycles. The van der Waals surface area contributed by atoms with E-state index in [0.29, 0.717) is 0 Å². The number of carbonyl (C=O) groups excluding carboxylic acids is 2. The number of halogens is 3. The molecule has 0 heterocycles. The van der Waals surface area contributed by atoms with Crippen LogP contribution in [0.15, 0.2) is 0 Å². The molecule has 0 amide bonds. The lowest BCUT2D eigenvalue weighted by Crippen LogP contribution is -2.01. The second-order valence-electron chi connectivity index (χ2n) is 0.551. The molecule has 0 aliphatic heterocycles. The van der Waals surface area contributed by atoms with Crippen LogP contribution in [0.25, 0.3) is 0 Å². The molecule has 0 rings (SSSR count). The van der Waals surface area contributed by atoms with Gasteiger partial charge in [0.2, 0.25) is 0 Å². The molecule has 0 spiro atoms. The van der Waals surface area contributed by atoms with Crippen LogP contribution in [-0.4, -0.2) is 17.6 Å². The standard InChI is InChI=1S/CHF3O.CO2/c2-1(3,4)5;2-1-3/h5H;. The van der Waals surface area contributed by atoms with Gasteiger partial charge >= 0.3 is 12.5 Å². The lowest BCUT2D eigenvalue weighted by atomic mass is 11.4. The van der Waals surface area contributed by atoms with E-state index in [1.165, 1.54) is 0 Å². The van der Waals surface area contributed by atoms with Crippen LogP contribution in [0, 0.1) is 0 Å². The maximum Gasteiger partial charge on any atom is 0.519 e. The zero-order valence-corrected chi connectivity index (χ0v) is 3.40. The number of aliphatic hydroxyl groups is 1. The molecule has 6 heteroatoms. The lowest BCUT2D eigenvalue weighted by molar-refractivity contribution is -0.295. The van der Waals surface area contributed by atoms with Crippen molar-refractivity contribution in [3.8, 4) is 0 Å². The number of rotatable bonds is 0. The second kappa shape index (κ2) is 4.29. The van der Waals surface area contributed by atoms with Gasteiger partial charge in [-0.1, -0.05) is 0 Å². The molecule has 0 aromatic rings. The van der Waals surface area contributed by atoms with Crippen LogP contribution in [0.5, 0.6) is 0 Å². The van der Waals surface area contributed by atoms with Gasteiger partial charge < -0.3 is 5.11 Å². The van der Waals surface area contributed by atoms with E-state index < -0.39 is 6.36 Å². The van der Waals surface area contributed by atoms with E-state index in [-0.39, 0.29) is 6.15 Å². The molecule has 0 atom stereocenters. The monoisotopic (exact) mass is 130 g/mol. The van der Waals surface area contributed by atoms with Crippen molar-refractivity contribution in [2.45, 2.75) is 6.36 Å². The predicted octanol–water partition coefficient (Wildman–Crippen LogP) is -0.0850. The minimum absolute atomic E-state index is 0.250. The highest BCUT2D eigenvalue weighted by atomic mass is 19.4. The normalized spacial score (nSPS) is 8.50. The molecule has 8 heavy (non-hydrogen) atoms. The summed E-state index contributed by atoms with van der Waals surface area (Å²) in [7, 11) is 0. The molecule has 0 bridgehead atoms. The van der Waals surface area contributed by atoms with Gasteiger partial charge in [-0.15, -0.1) is 13.2 Å². The topological polar surface area (TPSA) is 54.4 Å². The van der Waals surface area contributed by atoms with E-state index in [0.717, 1.165) is 0 Å². The molecule has 0 aliphatic rings. The number of hydrogen-bond donors (Lipinski definition) is 1. The molecule has 0 aliphatic carbocycles. The number of hydrogen-bond acceptors (Lipinski definition) is 3. The van der Waals surface area contributed by atoms with Crippen LogP contribution in [0.2, 0.25) is 0 Å².